The number of pyridine rings is 1. The average Bonchev–Trinajstić information content (AvgIpc) is 2.49. The Hall–Kier alpha value is -2.14. The minimum Gasteiger partial charge on any atom is -0.465 e. The molecule has 2 rings (SSSR count). The third kappa shape index (κ3) is 3.49. The van der Waals surface area contributed by atoms with Gasteiger partial charge in [-0.2, -0.15) is 0 Å². The largest absolute Gasteiger partial charge is 0.465 e. The van der Waals surface area contributed by atoms with Gasteiger partial charge in [-0.3, -0.25) is 0 Å². The van der Waals surface area contributed by atoms with Crippen LogP contribution in [0.1, 0.15) is 15.9 Å². The van der Waals surface area contributed by atoms with E-state index in [1.54, 1.807) is 11.9 Å². The number of methoxy groups -OCH3 is 1. The molecule has 0 bridgehead atoms. The minimum absolute atomic E-state index is 0.0801. The fraction of sp³-hybridized carbons (Fsp3) is 0.200. The van der Waals surface area contributed by atoms with Crippen LogP contribution in [0.3, 0.4) is 0 Å². The summed E-state index contributed by atoms with van der Waals surface area (Å²) in [6.45, 7) is 0.471. The van der Waals surface area contributed by atoms with E-state index in [1.807, 2.05) is 30.3 Å². The van der Waals surface area contributed by atoms with Crippen LogP contribution < -0.4 is 4.90 Å². The molecule has 0 spiro atoms. The molecule has 0 aliphatic heterocycles. The van der Waals surface area contributed by atoms with Crippen LogP contribution in [0.2, 0.25) is 5.15 Å². The lowest BCUT2D eigenvalue weighted by atomic mass is 10.2. The molecule has 0 aliphatic rings. The van der Waals surface area contributed by atoms with Crippen LogP contribution in [0.25, 0.3) is 0 Å². The summed E-state index contributed by atoms with van der Waals surface area (Å²) in [7, 11) is 2.90. The lowest BCUT2D eigenvalue weighted by molar-refractivity contribution is 0.0600. The van der Waals surface area contributed by atoms with Gasteiger partial charge in [0.2, 0.25) is 0 Å². The summed E-state index contributed by atoms with van der Waals surface area (Å²) in [5, 5.41) is -0.0850. The molecule has 0 saturated carbocycles. The van der Waals surface area contributed by atoms with Gasteiger partial charge in [0.25, 0.3) is 0 Å². The monoisotopic (exact) mass is 308 g/mol. The van der Waals surface area contributed by atoms with Gasteiger partial charge in [0.1, 0.15) is 10.7 Å². The highest BCUT2D eigenvalue weighted by Gasteiger charge is 2.19. The topological polar surface area (TPSA) is 42.4 Å². The van der Waals surface area contributed by atoms with Gasteiger partial charge in [-0.05, 0) is 11.6 Å². The molecule has 0 atom stereocenters. The first-order valence-corrected chi connectivity index (χ1v) is 6.60. The van der Waals surface area contributed by atoms with Crippen LogP contribution >= 0.6 is 11.6 Å². The number of rotatable bonds is 4. The number of ether oxygens (including phenoxy) is 1. The number of aromatic nitrogens is 1. The molecule has 0 fully saturated rings. The number of hydrogen-bond acceptors (Lipinski definition) is 4. The zero-order chi connectivity index (χ0) is 15.4. The lowest BCUT2D eigenvalue weighted by Gasteiger charge is -2.19. The Morgan fingerprint density at radius 3 is 2.67 bits per heavy atom. The SMILES string of the molecule is COC(=O)c1cc(F)c(N(C)Cc2ccccc2)nc1Cl. The number of carbonyl (C=O) groups excluding carboxylic acids is 1. The molecule has 2 aromatic rings. The Bertz CT molecular complexity index is 650. The third-order valence-electron chi connectivity index (χ3n) is 2.94. The predicted molar refractivity (Wildman–Crippen MR) is 79.1 cm³/mol. The quantitative estimate of drug-likeness (QED) is 0.642. The molecule has 21 heavy (non-hydrogen) atoms. The maximum atomic E-state index is 14.1. The van der Waals surface area contributed by atoms with Gasteiger partial charge < -0.3 is 9.64 Å². The van der Waals surface area contributed by atoms with E-state index in [-0.39, 0.29) is 16.5 Å². The van der Waals surface area contributed by atoms with Crippen molar-refractivity contribution in [1.29, 1.82) is 0 Å². The van der Waals surface area contributed by atoms with Gasteiger partial charge in [0.05, 0.1) is 7.11 Å². The van der Waals surface area contributed by atoms with Crippen molar-refractivity contribution in [3.05, 3.63) is 58.5 Å². The number of nitrogens with zero attached hydrogens (tertiary/aromatic N) is 2. The molecule has 0 unspecified atom stereocenters. The van der Waals surface area contributed by atoms with Gasteiger partial charge in [-0.15, -0.1) is 0 Å². The number of esters is 1. The number of halogens is 2. The van der Waals surface area contributed by atoms with E-state index in [0.717, 1.165) is 11.6 Å². The van der Waals surface area contributed by atoms with Crippen molar-refractivity contribution in [3.63, 3.8) is 0 Å². The van der Waals surface area contributed by atoms with E-state index in [9.17, 15) is 9.18 Å². The standard InChI is InChI=1S/C15H14ClFN2O2/c1-19(9-10-6-4-3-5-7-10)14-12(17)8-11(13(16)18-14)15(20)21-2/h3-8H,9H2,1-2H3. The molecule has 1 aromatic heterocycles. The second-order valence-corrected chi connectivity index (χ2v) is 4.82. The number of benzene rings is 1. The molecule has 0 amide bonds. The van der Waals surface area contributed by atoms with E-state index in [2.05, 4.69) is 9.72 Å². The summed E-state index contributed by atoms with van der Waals surface area (Å²) in [6, 6.07) is 10.6. The Morgan fingerprint density at radius 2 is 2.05 bits per heavy atom. The van der Waals surface area contributed by atoms with Crippen LogP contribution in [-0.4, -0.2) is 25.1 Å². The Labute approximate surface area is 127 Å². The fourth-order valence-corrected chi connectivity index (χ4v) is 2.12. The number of anilines is 1. The Morgan fingerprint density at radius 1 is 1.38 bits per heavy atom. The molecule has 0 N–H and O–H groups in total. The molecule has 4 nitrogen and oxygen atoms in total. The van der Waals surface area contributed by atoms with Crippen LogP contribution in [0.5, 0.6) is 0 Å². The summed E-state index contributed by atoms with van der Waals surface area (Å²) in [6.07, 6.45) is 0. The zero-order valence-corrected chi connectivity index (χ0v) is 12.4. The molecule has 0 aliphatic carbocycles. The van der Waals surface area contributed by atoms with Crippen molar-refractivity contribution in [2.75, 3.05) is 19.1 Å². The molecular weight excluding hydrogens is 295 g/mol. The van der Waals surface area contributed by atoms with Crippen molar-refractivity contribution in [2.45, 2.75) is 6.54 Å². The van der Waals surface area contributed by atoms with Gasteiger partial charge in [-0.1, -0.05) is 41.9 Å². The van der Waals surface area contributed by atoms with Gasteiger partial charge in [0.15, 0.2) is 11.6 Å². The molecule has 1 aromatic carbocycles. The maximum Gasteiger partial charge on any atom is 0.341 e. The molecular formula is C15H14ClFN2O2. The zero-order valence-electron chi connectivity index (χ0n) is 11.6. The van der Waals surface area contributed by atoms with Crippen molar-refractivity contribution in [3.8, 4) is 0 Å². The summed E-state index contributed by atoms with van der Waals surface area (Å²) >= 11 is 5.92. The second-order valence-electron chi connectivity index (χ2n) is 4.47. The Kier molecular flexibility index (Phi) is 4.75. The summed E-state index contributed by atoms with van der Waals surface area (Å²) in [4.78, 5) is 17.0. The van der Waals surface area contributed by atoms with E-state index in [4.69, 9.17) is 11.6 Å². The fourth-order valence-electron chi connectivity index (χ4n) is 1.91. The van der Waals surface area contributed by atoms with Crippen LogP contribution in [-0.2, 0) is 11.3 Å². The lowest BCUT2D eigenvalue weighted by Crippen LogP contribution is -2.20. The molecule has 0 saturated heterocycles. The first-order valence-electron chi connectivity index (χ1n) is 6.22. The summed E-state index contributed by atoms with van der Waals surface area (Å²) in [5.41, 5.74) is 0.919. The van der Waals surface area contributed by atoms with E-state index >= 15 is 0 Å². The summed E-state index contributed by atoms with van der Waals surface area (Å²) < 4.78 is 18.6. The number of hydrogen-bond donors (Lipinski definition) is 0. The van der Waals surface area contributed by atoms with Crippen LogP contribution in [0.15, 0.2) is 36.4 Å². The third-order valence-corrected chi connectivity index (χ3v) is 3.23. The normalized spacial score (nSPS) is 10.3. The molecule has 0 radical (unpaired) electrons. The van der Waals surface area contributed by atoms with E-state index in [0.29, 0.717) is 6.54 Å². The summed E-state index contributed by atoms with van der Waals surface area (Å²) in [5.74, 6) is -1.27. The minimum atomic E-state index is -0.719. The van der Waals surface area contributed by atoms with Crippen molar-refractivity contribution < 1.29 is 13.9 Å². The maximum absolute atomic E-state index is 14.1. The molecule has 6 heteroatoms. The second kappa shape index (κ2) is 6.54. The predicted octanol–water partition coefficient (Wildman–Crippen LogP) is 3.30. The highest BCUT2D eigenvalue weighted by molar-refractivity contribution is 6.32. The van der Waals surface area contributed by atoms with E-state index in [1.165, 1.54) is 7.11 Å². The van der Waals surface area contributed by atoms with Crippen LogP contribution in [0.4, 0.5) is 10.2 Å². The van der Waals surface area contributed by atoms with Crippen LogP contribution in [0, 0.1) is 5.82 Å². The van der Waals surface area contributed by atoms with Gasteiger partial charge in [-0.25, -0.2) is 14.2 Å². The van der Waals surface area contributed by atoms with E-state index < -0.39 is 11.8 Å². The van der Waals surface area contributed by atoms with Gasteiger partial charge in [0, 0.05) is 13.6 Å². The Balaban J connectivity index is 2.28. The van der Waals surface area contributed by atoms with Crippen molar-refractivity contribution in [2.24, 2.45) is 0 Å². The van der Waals surface area contributed by atoms with Gasteiger partial charge >= 0.3 is 5.97 Å². The first-order chi connectivity index (χ1) is 10.0. The smallest absolute Gasteiger partial charge is 0.341 e. The molecule has 1 heterocycles. The highest BCUT2D eigenvalue weighted by Crippen LogP contribution is 2.24. The van der Waals surface area contributed by atoms with Crippen molar-refractivity contribution >= 4 is 23.4 Å². The first kappa shape index (κ1) is 15.3. The van der Waals surface area contributed by atoms with Crippen molar-refractivity contribution in [1.82, 2.24) is 4.98 Å². The highest BCUT2D eigenvalue weighted by atomic mass is 35.5. The molecule has 110 valence electrons. The number of carbonyl (C=O) groups is 1. The average molecular weight is 309 g/mol.